The van der Waals surface area contributed by atoms with Crippen molar-refractivity contribution in [3.05, 3.63) is 33.8 Å². The zero-order valence-corrected chi connectivity index (χ0v) is 16.3. The number of ether oxygens (including phenoxy) is 1. The van der Waals surface area contributed by atoms with Crippen molar-refractivity contribution in [2.45, 2.75) is 58.9 Å². The van der Waals surface area contributed by atoms with Gasteiger partial charge < -0.3 is 4.74 Å². The molecule has 3 heteroatoms. The van der Waals surface area contributed by atoms with Crippen molar-refractivity contribution >= 4 is 24.0 Å². The second-order valence-corrected chi connectivity index (χ2v) is 12.1. The van der Waals surface area contributed by atoms with Crippen molar-refractivity contribution in [2.75, 3.05) is 6.61 Å². The number of benzene rings is 1. The van der Waals surface area contributed by atoms with Crippen molar-refractivity contribution in [1.29, 1.82) is 0 Å². The van der Waals surface area contributed by atoms with Gasteiger partial charge in [-0.3, -0.25) is 0 Å². The van der Waals surface area contributed by atoms with Crippen LogP contribution in [-0.4, -0.2) is 14.7 Å². The molecule has 0 unspecified atom stereocenters. The molecule has 0 radical (unpaired) electrons. The molecule has 0 bridgehead atoms. The van der Waals surface area contributed by atoms with E-state index in [4.69, 9.17) is 4.74 Å². The fourth-order valence-corrected chi connectivity index (χ4v) is 2.95. The average molecular weight is 367 g/mol. The molecule has 116 valence electrons. The summed E-state index contributed by atoms with van der Waals surface area (Å²) in [5.41, 5.74) is 5.68. The molecule has 0 fully saturated rings. The molecule has 0 aliphatic carbocycles. The van der Waals surface area contributed by atoms with Crippen molar-refractivity contribution in [3.63, 3.8) is 0 Å². The summed E-state index contributed by atoms with van der Waals surface area (Å²) in [7, 11) is -1.33. The van der Waals surface area contributed by atoms with E-state index >= 15 is 0 Å². The molecule has 21 heavy (non-hydrogen) atoms. The second-order valence-electron chi connectivity index (χ2n) is 6.46. The van der Waals surface area contributed by atoms with Gasteiger partial charge in [-0.1, -0.05) is 67.7 Å². The van der Waals surface area contributed by atoms with Crippen LogP contribution in [0.3, 0.4) is 0 Å². The molecule has 0 aliphatic heterocycles. The number of hydrogen-bond acceptors (Lipinski definition) is 1. The fourth-order valence-electron chi connectivity index (χ4n) is 1.89. The molecule has 0 heterocycles. The lowest BCUT2D eigenvalue weighted by molar-refractivity contribution is 0.117. The van der Waals surface area contributed by atoms with E-state index in [9.17, 15) is 0 Å². The predicted molar refractivity (Wildman–Crippen MR) is 98.2 cm³/mol. The Morgan fingerprint density at radius 1 is 1.10 bits per heavy atom. The maximum absolute atomic E-state index is 5.76. The van der Waals surface area contributed by atoms with E-state index in [2.05, 4.69) is 72.2 Å². The quantitative estimate of drug-likeness (QED) is 0.337. The highest BCUT2D eigenvalue weighted by Gasteiger charge is 2.07. The van der Waals surface area contributed by atoms with Crippen LogP contribution in [0.5, 0.6) is 0 Å². The summed E-state index contributed by atoms with van der Waals surface area (Å²) >= 11 is 3.56. The Labute approximate surface area is 139 Å². The first-order chi connectivity index (χ1) is 9.90. The van der Waals surface area contributed by atoms with Crippen molar-refractivity contribution < 1.29 is 4.74 Å². The first-order valence-corrected chi connectivity index (χ1v) is 12.1. The minimum Gasteiger partial charge on any atom is -0.377 e. The van der Waals surface area contributed by atoms with E-state index in [0.29, 0.717) is 6.61 Å². The number of hydrogen-bond donors (Lipinski definition) is 0. The smallest absolute Gasteiger partial charge is 0.129 e. The summed E-state index contributed by atoms with van der Waals surface area (Å²) in [6, 6.07) is 6.34. The number of rotatable bonds is 7. The molecule has 0 N–H and O–H groups in total. The summed E-state index contributed by atoms with van der Waals surface area (Å²) < 4.78 is 6.84. The molecular formula is C18H27BrOSi. The third kappa shape index (κ3) is 9.13. The molecule has 0 aromatic heterocycles. The van der Waals surface area contributed by atoms with Crippen LogP contribution in [0.4, 0.5) is 0 Å². The van der Waals surface area contributed by atoms with E-state index in [1.807, 2.05) is 0 Å². The Kier molecular flexibility index (Phi) is 8.32. The second kappa shape index (κ2) is 9.45. The summed E-state index contributed by atoms with van der Waals surface area (Å²) in [4.78, 5) is 0. The van der Waals surface area contributed by atoms with Gasteiger partial charge in [-0.15, -0.1) is 5.54 Å². The average Bonchev–Trinajstić information content (AvgIpc) is 2.39. The largest absolute Gasteiger partial charge is 0.377 e. The van der Waals surface area contributed by atoms with Crippen molar-refractivity contribution in [2.24, 2.45) is 0 Å². The van der Waals surface area contributed by atoms with Gasteiger partial charge >= 0.3 is 0 Å². The number of halogens is 1. The molecule has 1 nitrogen and oxygen atoms in total. The molecule has 1 aromatic carbocycles. The topological polar surface area (TPSA) is 9.23 Å². The van der Waals surface area contributed by atoms with Gasteiger partial charge in [-0.25, -0.2) is 0 Å². The van der Waals surface area contributed by atoms with Crippen LogP contribution in [0, 0.1) is 11.5 Å². The third-order valence-corrected chi connectivity index (χ3v) is 4.28. The minimum atomic E-state index is -1.33. The van der Waals surface area contributed by atoms with Gasteiger partial charge in [0.1, 0.15) is 8.07 Å². The Morgan fingerprint density at radius 3 is 2.52 bits per heavy atom. The lowest BCUT2D eigenvalue weighted by Crippen LogP contribution is -2.16. The van der Waals surface area contributed by atoms with Gasteiger partial charge in [0.25, 0.3) is 0 Å². The first-order valence-electron chi connectivity index (χ1n) is 7.81. The van der Waals surface area contributed by atoms with Crippen LogP contribution in [0.25, 0.3) is 0 Å². The standard InChI is InChI=1S/C18H27BrOSi/c1-5-6-7-8-10-20-15-17-12-16(13-18(19)14-17)9-11-21(2,3)4/h12-14H,5-8,10,15H2,1-4H3. The molecule has 0 spiro atoms. The molecule has 0 aliphatic rings. The van der Waals surface area contributed by atoms with Crippen molar-refractivity contribution in [1.82, 2.24) is 0 Å². The SMILES string of the molecule is CCCCCCOCc1cc(Br)cc(C#C[Si](C)(C)C)c1. The molecule has 1 rings (SSSR count). The predicted octanol–water partition coefficient (Wildman–Crippen LogP) is 5.77. The van der Waals surface area contributed by atoms with Crippen molar-refractivity contribution in [3.8, 4) is 11.5 Å². The monoisotopic (exact) mass is 366 g/mol. The molecule has 0 amide bonds. The summed E-state index contributed by atoms with van der Waals surface area (Å²) in [6.45, 7) is 10.5. The highest BCUT2D eigenvalue weighted by atomic mass is 79.9. The van der Waals surface area contributed by atoms with Crippen LogP contribution in [0.1, 0.15) is 43.7 Å². The Morgan fingerprint density at radius 2 is 1.86 bits per heavy atom. The molecule has 0 atom stereocenters. The summed E-state index contributed by atoms with van der Waals surface area (Å²) in [5.74, 6) is 3.31. The molecule has 1 aromatic rings. The lowest BCUT2D eigenvalue weighted by atomic mass is 10.1. The van der Waals surface area contributed by atoms with Crippen LogP contribution in [0.15, 0.2) is 22.7 Å². The zero-order chi connectivity index (χ0) is 15.7. The Hall–Kier alpha value is -0.563. The van der Waals surface area contributed by atoms with E-state index in [-0.39, 0.29) is 0 Å². The Balaban J connectivity index is 2.55. The minimum absolute atomic E-state index is 0.674. The van der Waals surface area contributed by atoms with E-state index in [1.54, 1.807) is 0 Å². The number of unbranched alkanes of at least 4 members (excludes halogenated alkanes) is 3. The maximum atomic E-state index is 5.76. The summed E-state index contributed by atoms with van der Waals surface area (Å²) in [5, 5.41) is 0. The van der Waals surface area contributed by atoms with E-state index in [1.165, 1.54) is 24.8 Å². The molecular weight excluding hydrogens is 340 g/mol. The zero-order valence-electron chi connectivity index (χ0n) is 13.8. The lowest BCUT2D eigenvalue weighted by Gasteiger charge is -2.07. The van der Waals surface area contributed by atoms with Gasteiger partial charge in [0.05, 0.1) is 6.61 Å². The first kappa shape index (κ1) is 18.5. The van der Waals surface area contributed by atoms with Crippen LogP contribution >= 0.6 is 15.9 Å². The highest BCUT2D eigenvalue weighted by Crippen LogP contribution is 2.16. The van der Waals surface area contributed by atoms with Gasteiger partial charge in [-0.05, 0) is 30.2 Å². The van der Waals surface area contributed by atoms with Gasteiger partial charge in [0.15, 0.2) is 0 Å². The fraction of sp³-hybridized carbons (Fsp3) is 0.556. The van der Waals surface area contributed by atoms with E-state index in [0.717, 1.165) is 23.1 Å². The third-order valence-electron chi connectivity index (χ3n) is 2.95. The van der Waals surface area contributed by atoms with Gasteiger partial charge in [0, 0.05) is 16.6 Å². The maximum Gasteiger partial charge on any atom is 0.129 e. The van der Waals surface area contributed by atoms with E-state index < -0.39 is 8.07 Å². The van der Waals surface area contributed by atoms with Gasteiger partial charge in [0.2, 0.25) is 0 Å². The molecule has 0 saturated heterocycles. The highest BCUT2D eigenvalue weighted by molar-refractivity contribution is 9.10. The molecule has 0 saturated carbocycles. The van der Waals surface area contributed by atoms with Crippen LogP contribution in [-0.2, 0) is 11.3 Å². The van der Waals surface area contributed by atoms with Gasteiger partial charge in [-0.2, -0.15) is 0 Å². The normalized spacial score (nSPS) is 11.1. The van der Waals surface area contributed by atoms with Crippen LogP contribution < -0.4 is 0 Å². The van der Waals surface area contributed by atoms with Crippen LogP contribution in [0.2, 0.25) is 19.6 Å². The summed E-state index contributed by atoms with van der Waals surface area (Å²) in [6.07, 6.45) is 4.99. The Bertz CT molecular complexity index is 494.